The predicted octanol–water partition coefficient (Wildman–Crippen LogP) is 3.67. The van der Waals surface area contributed by atoms with E-state index in [0.29, 0.717) is 24.6 Å². The van der Waals surface area contributed by atoms with Crippen LogP contribution in [0.4, 0.5) is 13.2 Å². The summed E-state index contributed by atoms with van der Waals surface area (Å²) < 4.78 is 52.2. The lowest BCUT2D eigenvalue weighted by Gasteiger charge is -2.12. The summed E-state index contributed by atoms with van der Waals surface area (Å²) in [4.78, 5) is 8.26. The van der Waals surface area contributed by atoms with Gasteiger partial charge in [0.25, 0.3) is 0 Å². The summed E-state index contributed by atoms with van der Waals surface area (Å²) in [6.45, 7) is 2.39. The molecule has 0 saturated heterocycles. The first-order valence-corrected chi connectivity index (χ1v) is 9.48. The van der Waals surface area contributed by atoms with Crippen LogP contribution < -0.4 is 24.8 Å². The zero-order chi connectivity index (χ0) is 21.4. The minimum atomic E-state index is -4.41. The first kappa shape index (κ1) is 24.8. The van der Waals surface area contributed by atoms with E-state index in [4.69, 9.17) is 9.47 Å². The molecule has 0 unspecified atom stereocenters. The fourth-order valence-electron chi connectivity index (χ4n) is 2.72. The van der Waals surface area contributed by atoms with E-state index in [-0.39, 0.29) is 43.2 Å². The third-order valence-corrected chi connectivity index (χ3v) is 4.09. The van der Waals surface area contributed by atoms with Gasteiger partial charge in [0.1, 0.15) is 0 Å². The number of halogens is 4. The minimum Gasteiger partial charge on any atom is -0.468 e. The molecule has 0 radical (unpaired) electrons. The molecule has 0 bridgehead atoms. The molecule has 2 N–H and O–H groups in total. The monoisotopic (exact) mass is 552 g/mol. The maximum Gasteiger partial charge on any atom is 0.422 e. The van der Waals surface area contributed by atoms with Gasteiger partial charge in [0.15, 0.2) is 24.1 Å². The second kappa shape index (κ2) is 11.8. The topological polar surface area (TPSA) is 77.0 Å². The Hall–Kier alpha value is -2.44. The van der Waals surface area contributed by atoms with Crippen LogP contribution in [0.5, 0.6) is 17.4 Å². The van der Waals surface area contributed by atoms with Crippen LogP contribution in [0.2, 0.25) is 0 Å². The average Bonchev–Trinajstić information content (AvgIpc) is 3.18. The Morgan fingerprint density at radius 1 is 1.13 bits per heavy atom. The van der Waals surface area contributed by atoms with Crippen LogP contribution in [0.25, 0.3) is 0 Å². The van der Waals surface area contributed by atoms with Crippen LogP contribution in [0.15, 0.2) is 41.5 Å². The Kier molecular flexibility index (Phi) is 9.46. The molecule has 170 valence electrons. The van der Waals surface area contributed by atoms with E-state index in [1.807, 2.05) is 25.1 Å². The van der Waals surface area contributed by atoms with Crippen molar-refractivity contribution >= 4 is 29.9 Å². The van der Waals surface area contributed by atoms with Gasteiger partial charge in [0.2, 0.25) is 12.7 Å². The van der Waals surface area contributed by atoms with Gasteiger partial charge >= 0.3 is 6.18 Å². The summed E-state index contributed by atoms with van der Waals surface area (Å²) in [6, 6.07) is 8.95. The van der Waals surface area contributed by atoms with Gasteiger partial charge in [-0.1, -0.05) is 6.07 Å². The Morgan fingerprint density at radius 2 is 1.94 bits per heavy atom. The number of aliphatic imine (C=N–C) groups is 1. The quantitative estimate of drug-likeness (QED) is 0.296. The number of benzene rings is 1. The number of ether oxygens (including phenoxy) is 3. The maximum atomic E-state index is 12.3. The van der Waals surface area contributed by atoms with Crippen molar-refractivity contribution in [3.63, 3.8) is 0 Å². The van der Waals surface area contributed by atoms with E-state index < -0.39 is 12.8 Å². The van der Waals surface area contributed by atoms with Crippen molar-refractivity contribution in [3.8, 4) is 17.4 Å². The van der Waals surface area contributed by atoms with Gasteiger partial charge in [-0.25, -0.2) is 9.98 Å². The molecule has 1 aromatic heterocycles. The molecular weight excluding hydrogens is 528 g/mol. The summed E-state index contributed by atoms with van der Waals surface area (Å²) >= 11 is 0. The Balaban J connectivity index is 0.00000341. The van der Waals surface area contributed by atoms with Crippen molar-refractivity contribution in [1.82, 2.24) is 15.6 Å². The smallest absolute Gasteiger partial charge is 0.422 e. The van der Waals surface area contributed by atoms with Gasteiger partial charge in [0, 0.05) is 25.4 Å². The van der Waals surface area contributed by atoms with E-state index in [1.54, 1.807) is 6.07 Å². The van der Waals surface area contributed by atoms with Gasteiger partial charge in [-0.2, -0.15) is 13.2 Å². The standard InChI is InChI=1S/C20H23F3N4O3.HI/c1-2-24-19(26-8-5-14-3-4-16-17(9-14)30-13-29-16)27-11-15-6-7-25-18(10-15)28-12-20(21,22)23;/h3-4,6-7,9-10H,2,5,8,11-13H2,1H3,(H2,24,26,27);1H. The van der Waals surface area contributed by atoms with Crippen LogP contribution >= 0.6 is 24.0 Å². The number of rotatable bonds is 8. The predicted molar refractivity (Wildman–Crippen MR) is 120 cm³/mol. The lowest BCUT2D eigenvalue weighted by atomic mass is 10.1. The first-order valence-electron chi connectivity index (χ1n) is 9.48. The van der Waals surface area contributed by atoms with Crippen LogP contribution in [-0.4, -0.2) is 43.6 Å². The number of aromatic nitrogens is 1. The fraction of sp³-hybridized carbons (Fsp3) is 0.400. The molecule has 2 aromatic rings. The normalized spacial score (nSPS) is 12.8. The van der Waals surface area contributed by atoms with E-state index in [2.05, 4.69) is 25.3 Å². The van der Waals surface area contributed by atoms with Crippen LogP contribution in [0.3, 0.4) is 0 Å². The fourth-order valence-corrected chi connectivity index (χ4v) is 2.72. The number of nitrogens with zero attached hydrogens (tertiary/aromatic N) is 2. The molecule has 7 nitrogen and oxygen atoms in total. The number of pyridine rings is 1. The molecule has 0 aliphatic carbocycles. The SMILES string of the molecule is CCNC(=NCc1ccnc(OCC(F)(F)F)c1)NCCc1ccc2c(c1)OCO2.I. The van der Waals surface area contributed by atoms with Gasteiger partial charge in [0.05, 0.1) is 6.54 Å². The molecule has 2 heterocycles. The first-order chi connectivity index (χ1) is 14.4. The van der Waals surface area contributed by atoms with Crippen molar-refractivity contribution < 1.29 is 27.4 Å². The van der Waals surface area contributed by atoms with Gasteiger partial charge in [-0.15, -0.1) is 24.0 Å². The maximum absolute atomic E-state index is 12.3. The lowest BCUT2D eigenvalue weighted by Crippen LogP contribution is -2.38. The Morgan fingerprint density at radius 3 is 2.71 bits per heavy atom. The van der Waals surface area contributed by atoms with Gasteiger partial charge in [-0.3, -0.25) is 0 Å². The Labute approximate surface area is 195 Å². The summed E-state index contributed by atoms with van der Waals surface area (Å²) in [5, 5.41) is 6.38. The Bertz CT molecular complexity index is 881. The van der Waals surface area contributed by atoms with Crippen molar-refractivity contribution in [2.75, 3.05) is 26.5 Å². The molecule has 0 spiro atoms. The zero-order valence-corrected chi connectivity index (χ0v) is 19.2. The summed E-state index contributed by atoms with van der Waals surface area (Å²) in [5.74, 6) is 2.01. The molecule has 11 heteroatoms. The number of hydrogen-bond donors (Lipinski definition) is 2. The number of fused-ring (bicyclic) bond motifs is 1. The highest BCUT2D eigenvalue weighted by atomic mass is 127. The van der Waals surface area contributed by atoms with Gasteiger partial charge in [-0.05, 0) is 42.7 Å². The summed E-state index contributed by atoms with van der Waals surface area (Å²) in [7, 11) is 0. The second-order valence-corrected chi connectivity index (χ2v) is 6.47. The van der Waals surface area contributed by atoms with E-state index in [9.17, 15) is 13.2 Å². The molecule has 1 aliphatic heterocycles. The van der Waals surface area contributed by atoms with E-state index in [1.165, 1.54) is 12.3 Å². The van der Waals surface area contributed by atoms with E-state index >= 15 is 0 Å². The highest BCUT2D eigenvalue weighted by Gasteiger charge is 2.28. The van der Waals surface area contributed by atoms with Crippen LogP contribution in [0, 0.1) is 0 Å². The van der Waals surface area contributed by atoms with Crippen molar-refractivity contribution in [1.29, 1.82) is 0 Å². The highest BCUT2D eigenvalue weighted by molar-refractivity contribution is 14.0. The molecule has 0 saturated carbocycles. The van der Waals surface area contributed by atoms with Crippen LogP contribution in [-0.2, 0) is 13.0 Å². The second-order valence-electron chi connectivity index (χ2n) is 6.47. The summed E-state index contributed by atoms with van der Waals surface area (Å²) in [5.41, 5.74) is 1.79. The molecule has 31 heavy (non-hydrogen) atoms. The average molecular weight is 552 g/mol. The van der Waals surface area contributed by atoms with Crippen molar-refractivity contribution in [2.24, 2.45) is 4.99 Å². The van der Waals surface area contributed by atoms with Crippen LogP contribution in [0.1, 0.15) is 18.1 Å². The highest BCUT2D eigenvalue weighted by Crippen LogP contribution is 2.32. The molecule has 1 aliphatic rings. The van der Waals surface area contributed by atoms with Crippen molar-refractivity contribution in [2.45, 2.75) is 26.1 Å². The number of nitrogens with one attached hydrogen (secondary N) is 2. The third-order valence-electron chi connectivity index (χ3n) is 4.09. The third kappa shape index (κ3) is 8.31. The molecule has 0 fully saturated rings. The van der Waals surface area contributed by atoms with Gasteiger partial charge < -0.3 is 24.8 Å². The minimum absolute atomic E-state index is 0. The number of hydrogen-bond acceptors (Lipinski definition) is 5. The number of alkyl halides is 3. The molecular formula is C20H24F3IN4O3. The summed E-state index contributed by atoms with van der Waals surface area (Å²) in [6.07, 6.45) is -2.25. The largest absolute Gasteiger partial charge is 0.468 e. The molecule has 3 rings (SSSR count). The molecule has 0 amide bonds. The number of guanidine groups is 1. The molecule has 1 aromatic carbocycles. The van der Waals surface area contributed by atoms with Crippen molar-refractivity contribution in [3.05, 3.63) is 47.7 Å². The zero-order valence-electron chi connectivity index (χ0n) is 16.9. The van der Waals surface area contributed by atoms with E-state index in [0.717, 1.165) is 23.5 Å². The molecule has 0 atom stereocenters. The lowest BCUT2D eigenvalue weighted by molar-refractivity contribution is -0.154.